The minimum Gasteiger partial charge on any atom is -0.490 e. The Morgan fingerprint density at radius 3 is 2.53 bits per heavy atom. The molecule has 0 aliphatic carbocycles. The Kier molecular flexibility index (Phi) is 11.5. The second kappa shape index (κ2) is 14.3. The molecule has 0 radical (unpaired) electrons. The van der Waals surface area contributed by atoms with Crippen molar-refractivity contribution in [2.24, 2.45) is 11.3 Å². The van der Waals surface area contributed by atoms with Gasteiger partial charge >= 0.3 is 5.97 Å². The number of benzene rings is 1. The maximum absolute atomic E-state index is 13.1. The highest BCUT2D eigenvalue weighted by Crippen LogP contribution is 2.24. The third-order valence-electron chi connectivity index (χ3n) is 6.12. The SMILES string of the molecule is COC1=CC[C@@H]([C@@H](C)/C=C(C)/C=C\C=C/C(=O)N[C@H](C(=O)Nc2ccccc2CCO)C(C)(C)C)OC1=O. The topological polar surface area (TPSA) is 114 Å². The molecule has 2 amide bonds. The summed E-state index contributed by atoms with van der Waals surface area (Å²) in [4.78, 5) is 37.6. The van der Waals surface area contributed by atoms with E-state index in [1.54, 1.807) is 24.3 Å². The third kappa shape index (κ3) is 9.34. The van der Waals surface area contributed by atoms with E-state index in [1.807, 2.05) is 65.0 Å². The second-order valence-electron chi connectivity index (χ2n) is 10.4. The molecule has 8 nitrogen and oxygen atoms in total. The first-order chi connectivity index (χ1) is 18.0. The van der Waals surface area contributed by atoms with Crippen LogP contribution < -0.4 is 10.6 Å². The number of carbonyl (C=O) groups excluding carboxylic acids is 3. The number of methoxy groups -OCH3 is 1. The van der Waals surface area contributed by atoms with Gasteiger partial charge < -0.3 is 25.2 Å². The number of rotatable bonds is 11. The van der Waals surface area contributed by atoms with Crippen LogP contribution in [0.2, 0.25) is 0 Å². The molecule has 0 fully saturated rings. The van der Waals surface area contributed by atoms with Crippen molar-refractivity contribution in [1.29, 1.82) is 0 Å². The Morgan fingerprint density at radius 1 is 1.21 bits per heavy atom. The van der Waals surface area contributed by atoms with Gasteiger partial charge in [-0.05, 0) is 36.5 Å². The summed E-state index contributed by atoms with van der Waals surface area (Å²) in [7, 11) is 1.44. The lowest BCUT2D eigenvalue weighted by molar-refractivity contribution is -0.151. The summed E-state index contributed by atoms with van der Waals surface area (Å²) in [5.74, 6) is -0.945. The van der Waals surface area contributed by atoms with Crippen LogP contribution in [0.25, 0.3) is 0 Å². The summed E-state index contributed by atoms with van der Waals surface area (Å²) in [5.41, 5.74) is 1.85. The van der Waals surface area contributed by atoms with Crippen LogP contribution in [0.3, 0.4) is 0 Å². The van der Waals surface area contributed by atoms with Gasteiger partial charge in [-0.2, -0.15) is 0 Å². The first-order valence-electron chi connectivity index (χ1n) is 12.7. The molecule has 0 saturated heterocycles. The number of anilines is 1. The number of allylic oxidation sites excluding steroid dienone is 4. The lowest BCUT2D eigenvalue weighted by atomic mass is 9.86. The number of para-hydroxylation sites is 1. The molecule has 8 heteroatoms. The molecule has 0 saturated carbocycles. The van der Waals surface area contributed by atoms with Gasteiger partial charge in [-0.3, -0.25) is 9.59 Å². The predicted octanol–water partition coefficient (Wildman–Crippen LogP) is 4.23. The van der Waals surface area contributed by atoms with Crippen LogP contribution >= 0.6 is 0 Å². The highest BCUT2D eigenvalue weighted by Gasteiger charge is 2.32. The number of aliphatic hydroxyl groups is 1. The molecule has 38 heavy (non-hydrogen) atoms. The molecular weight excluding hydrogens is 484 g/mol. The standard InChI is InChI=1S/C30H40N2O6/c1-20(19-21(2)24-15-16-25(37-6)29(36)38-24)11-7-10-14-26(34)32-27(30(3,4)5)28(35)31-23-13-9-8-12-22(23)17-18-33/h7-14,16,19,21,24,27,33H,15,17-18H2,1-6H3,(H,31,35)(H,32,34)/b11-7-,14-10-,20-19+/t21-,24-,27+/m0/s1. The van der Waals surface area contributed by atoms with Gasteiger partial charge in [0.15, 0.2) is 5.76 Å². The number of amides is 2. The molecule has 0 spiro atoms. The molecule has 0 bridgehead atoms. The first-order valence-corrected chi connectivity index (χ1v) is 12.7. The Balaban J connectivity index is 1.98. The van der Waals surface area contributed by atoms with E-state index < -0.39 is 23.3 Å². The molecule has 1 aliphatic rings. The number of nitrogens with one attached hydrogen (secondary N) is 2. The fourth-order valence-electron chi connectivity index (χ4n) is 4.02. The van der Waals surface area contributed by atoms with Crippen molar-refractivity contribution in [2.45, 2.75) is 59.6 Å². The Hall–Kier alpha value is -3.65. The summed E-state index contributed by atoms with van der Waals surface area (Å²) in [6.45, 7) is 9.52. The lowest BCUT2D eigenvalue weighted by Gasteiger charge is -2.30. The Morgan fingerprint density at radius 2 is 1.89 bits per heavy atom. The number of cyclic esters (lactones) is 1. The largest absolute Gasteiger partial charge is 0.490 e. The van der Waals surface area contributed by atoms with E-state index in [4.69, 9.17) is 9.47 Å². The average Bonchev–Trinajstić information content (AvgIpc) is 2.85. The highest BCUT2D eigenvalue weighted by molar-refractivity contribution is 6.00. The molecule has 1 heterocycles. The van der Waals surface area contributed by atoms with E-state index in [9.17, 15) is 19.5 Å². The smallest absolute Gasteiger partial charge is 0.373 e. The van der Waals surface area contributed by atoms with E-state index in [0.717, 1.165) is 11.1 Å². The number of aliphatic hydroxyl groups excluding tert-OH is 1. The molecule has 3 atom stereocenters. The first kappa shape index (κ1) is 30.6. The van der Waals surface area contributed by atoms with Crippen LogP contribution in [-0.2, 0) is 30.3 Å². The van der Waals surface area contributed by atoms with Crippen molar-refractivity contribution in [3.8, 4) is 0 Å². The van der Waals surface area contributed by atoms with Crippen molar-refractivity contribution >= 4 is 23.5 Å². The van der Waals surface area contributed by atoms with Gasteiger partial charge in [0.25, 0.3) is 0 Å². The predicted molar refractivity (Wildman–Crippen MR) is 148 cm³/mol. The Labute approximate surface area is 225 Å². The molecule has 0 unspecified atom stereocenters. The summed E-state index contributed by atoms with van der Waals surface area (Å²) < 4.78 is 10.4. The third-order valence-corrected chi connectivity index (χ3v) is 6.12. The van der Waals surface area contributed by atoms with Gasteiger partial charge in [-0.1, -0.05) is 75.8 Å². The zero-order valence-corrected chi connectivity index (χ0v) is 23.1. The van der Waals surface area contributed by atoms with Crippen LogP contribution in [0, 0.1) is 11.3 Å². The van der Waals surface area contributed by atoms with Crippen molar-refractivity contribution < 1.29 is 29.0 Å². The fourth-order valence-corrected chi connectivity index (χ4v) is 4.02. The summed E-state index contributed by atoms with van der Waals surface area (Å²) in [6.07, 6.45) is 11.1. The Bertz CT molecular complexity index is 1110. The molecule has 1 aliphatic heterocycles. The van der Waals surface area contributed by atoms with Crippen LogP contribution in [0.15, 0.2) is 72.1 Å². The minimum absolute atomic E-state index is 0.000834. The van der Waals surface area contributed by atoms with E-state index in [-0.39, 0.29) is 30.3 Å². The van der Waals surface area contributed by atoms with E-state index in [2.05, 4.69) is 10.6 Å². The van der Waals surface area contributed by atoms with Crippen LogP contribution in [-0.4, -0.2) is 48.8 Å². The van der Waals surface area contributed by atoms with Gasteiger partial charge in [0.1, 0.15) is 12.1 Å². The van der Waals surface area contributed by atoms with E-state index in [1.165, 1.54) is 13.2 Å². The minimum atomic E-state index is -0.779. The van der Waals surface area contributed by atoms with Gasteiger partial charge in [0.2, 0.25) is 11.8 Å². The highest BCUT2D eigenvalue weighted by atomic mass is 16.6. The van der Waals surface area contributed by atoms with Crippen molar-refractivity contribution in [1.82, 2.24) is 5.32 Å². The number of hydrogen-bond donors (Lipinski definition) is 3. The molecule has 2 rings (SSSR count). The number of ether oxygens (including phenoxy) is 2. The van der Waals surface area contributed by atoms with Crippen LogP contribution in [0.1, 0.15) is 46.6 Å². The summed E-state index contributed by atoms with van der Waals surface area (Å²) in [6, 6.07) is 6.50. The normalized spacial score (nSPS) is 18.1. The van der Waals surface area contributed by atoms with Gasteiger partial charge in [-0.15, -0.1) is 0 Å². The molecule has 206 valence electrons. The number of hydrogen-bond acceptors (Lipinski definition) is 6. The van der Waals surface area contributed by atoms with Crippen LogP contribution in [0.4, 0.5) is 5.69 Å². The van der Waals surface area contributed by atoms with Gasteiger partial charge in [-0.25, -0.2) is 4.79 Å². The maximum atomic E-state index is 13.1. The zero-order valence-electron chi connectivity index (χ0n) is 23.1. The monoisotopic (exact) mass is 524 g/mol. The number of esters is 1. The maximum Gasteiger partial charge on any atom is 0.373 e. The van der Waals surface area contributed by atoms with Crippen molar-refractivity contribution in [2.75, 3.05) is 19.0 Å². The average molecular weight is 525 g/mol. The molecular formula is C30H40N2O6. The zero-order chi connectivity index (χ0) is 28.3. The van der Waals surface area contributed by atoms with Crippen LogP contribution in [0.5, 0.6) is 0 Å². The molecule has 1 aromatic carbocycles. The molecule has 3 N–H and O–H groups in total. The van der Waals surface area contributed by atoms with Gasteiger partial charge in [0, 0.05) is 30.7 Å². The molecule has 0 aromatic heterocycles. The van der Waals surface area contributed by atoms with E-state index >= 15 is 0 Å². The summed E-state index contributed by atoms with van der Waals surface area (Å²) in [5, 5.41) is 15.0. The van der Waals surface area contributed by atoms with E-state index in [0.29, 0.717) is 18.5 Å². The quantitative estimate of drug-likeness (QED) is 0.227. The molecule has 1 aromatic rings. The number of carbonyl (C=O) groups is 3. The van der Waals surface area contributed by atoms with Gasteiger partial charge in [0.05, 0.1) is 7.11 Å². The fraction of sp³-hybridized carbons (Fsp3) is 0.433. The second-order valence-corrected chi connectivity index (χ2v) is 10.4. The van der Waals surface area contributed by atoms with Crippen molar-refractivity contribution in [3.05, 3.63) is 77.6 Å². The lowest BCUT2D eigenvalue weighted by Crippen LogP contribution is -2.51. The van der Waals surface area contributed by atoms with Crippen molar-refractivity contribution in [3.63, 3.8) is 0 Å². The summed E-state index contributed by atoms with van der Waals surface area (Å²) >= 11 is 0.